The van der Waals surface area contributed by atoms with Gasteiger partial charge in [0.25, 0.3) is 0 Å². The minimum absolute atomic E-state index is 0.0597. The number of carbonyl (C=O) groups excluding carboxylic acids is 1. The Morgan fingerprint density at radius 1 is 1.44 bits per heavy atom. The molecule has 0 fully saturated rings. The molecule has 0 radical (unpaired) electrons. The molecule has 18 heavy (non-hydrogen) atoms. The molecule has 0 aliphatic heterocycles. The Morgan fingerprint density at radius 2 is 2.17 bits per heavy atom. The van der Waals surface area contributed by atoms with Gasteiger partial charge in [-0.25, -0.2) is 4.79 Å². The molecule has 0 spiro atoms. The van der Waals surface area contributed by atoms with Crippen molar-refractivity contribution in [1.82, 2.24) is 0 Å². The Morgan fingerprint density at radius 3 is 2.78 bits per heavy atom. The standard InChI is InChI=1S/C13H11ClO4/c1-2-18-11(15)8-4-6-9-5-3-7-10(14)12(9)13(16)17/h3,5,7H,2,8H2,1H3,(H,16,17). The molecule has 0 aromatic heterocycles. The highest BCUT2D eigenvalue weighted by Crippen LogP contribution is 2.19. The number of hydrogen-bond donors (Lipinski definition) is 1. The number of halogens is 1. The number of hydrogen-bond acceptors (Lipinski definition) is 3. The molecule has 5 heteroatoms. The van der Waals surface area contributed by atoms with Gasteiger partial charge in [0.2, 0.25) is 0 Å². The zero-order chi connectivity index (χ0) is 13.5. The van der Waals surface area contributed by atoms with Gasteiger partial charge in [-0.05, 0) is 19.1 Å². The number of carboxylic acids is 1. The Labute approximate surface area is 110 Å². The van der Waals surface area contributed by atoms with Crippen LogP contribution in [0.25, 0.3) is 0 Å². The first-order chi connectivity index (χ1) is 8.56. The SMILES string of the molecule is CCOC(=O)CC#Cc1cccc(Cl)c1C(=O)O. The highest BCUT2D eigenvalue weighted by atomic mass is 35.5. The lowest BCUT2D eigenvalue weighted by Gasteiger charge is -2.01. The van der Waals surface area contributed by atoms with Crippen LogP contribution in [0.2, 0.25) is 5.02 Å². The van der Waals surface area contributed by atoms with Crippen LogP contribution in [0, 0.1) is 11.8 Å². The summed E-state index contributed by atoms with van der Waals surface area (Å²) in [6.45, 7) is 1.99. The molecule has 0 saturated carbocycles. The van der Waals surface area contributed by atoms with Gasteiger partial charge >= 0.3 is 11.9 Å². The molecule has 1 N–H and O–H groups in total. The monoisotopic (exact) mass is 266 g/mol. The van der Waals surface area contributed by atoms with Crippen molar-refractivity contribution in [2.75, 3.05) is 6.61 Å². The third-order valence-electron chi connectivity index (χ3n) is 1.99. The summed E-state index contributed by atoms with van der Waals surface area (Å²) in [7, 11) is 0. The largest absolute Gasteiger partial charge is 0.478 e. The minimum Gasteiger partial charge on any atom is -0.478 e. The molecule has 4 nitrogen and oxygen atoms in total. The third-order valence-corrected chi connectivity index (χ3v) is 2.30. The number of benzene rings is 1. The van der Waals surface area contributed by atoms with Gasteiger partial charge in [-0.1, -0.05) is 29.5 Å². The van der Waals surface area contributed by atoms with Gasteiger partial charge in [0.05, 0.1) is 17.2 Å². The predicted molar refractivity (Wildman–Crippen MR) is 66.5 cm³/mol. The lowest BCUT2D eigenvalue weighted by Crippen LogP contribution is -2.03. The predicted octanol–water partition coefficient (Wildman–Crippen LogP) is 2.34. The summed E-state index contributed by atoms with van der Waals surface area (Å²) in [4.78, 5) is 22.1. The number of aromatic carboxylic acids is 1. The molecule has 0 bridgehead atoms. The van der Waals surface area contributed by atoms with E-state index in [1.807, 2.05) is 0 Å². The third kappa shape index (κ3) is 3.79. The van der Waals surface area contributed by atoms with Crippen LogP contribution in [0.5, 0.6) is 0 Å². The molecule has 0 aliphatic rings. The molecule has 0 atom stereocenters. The molecule has 0 amide bonds. The maximum Gasteiger partial charge on any atom is 0.338 e. The average molecular weight is 267 g/mol. The molecule has 1 aromatic carbocycles. The maximum atomic E-state index is 11.1. The highest BCUT2D eigenvalue weighted by Gasteiger charge is 2.12. The molecule has 0 aliphatic carbocycles. The van der Waals surface area contributed by atoms with Gasteiger partial charge < -0.3 is 9.84 Å². The van der Waals surface area contributed by atoms with Crippen molar-refractivity contribution in [3.05, 3.63) is 34.3 Å². The van der Waals surface area contributed by atoms with E-state index in [-0.39, 0.29) is 29.2 Å². The van der Waals surface area contributed by atoms with Crippen molar-refractivity contribution < 1.29 is 19.4 Å². The number of esters is 1. The second kappa shape index (κ2) is 6.67. The number of ether oxygens (including phenoxy) is 1. The summed E-state index contributed by atoms with van der Waals surface area (Å²) in [6.07, 6.45) is -0.0839. The smallest absolute Gasteiger partial charge is 0.338 e. The second-order valence-corrected chi connectivity index (χ2v) is 3.66. The summed E-state index contributed by atoms with van der Waals surface area (Å²) in [5.74, 6) is 3.58. The lowest BCUT2D eigenvalue weighted by molar-refractivity contribution is -0.141. The van der Waals surface area contributed by atoms with Gasteiger partial charge in [-0.3, -0.25) is 4.79 Å². The Bertz CT molecular complexity index is 526. The summed E-state index contributed by atoms with van der Waals surface area (Å²) in [6, 6.07) is 4.61. The molecule has 0 saturated heterocycles. The Hall–Kier alpha value is -1.99. The fourth-order valence-corrected chi connectivity index (χ4v) is 1.52. The van der Waals surface area contributed by atoms with Crippen LogP contribution in [-0.4, -0.2) is 23.7 Å². The molecule has 0 unspecified atom stereocenters. The zero-order valence-corrected chi connectivity index (χ0v) is 10.5. The van der Waals surface area contributed by atoms with E-state index in [4.69, 9.17) is 21.4 Å². The Balaban J connectivity index is 2.92. The van der Waals surface area contributed by atoms with Gasteiger partial charge in [-0.15, -0.1) is 0 Å². The number of rotatable bonds is 3. The summed E-state index contributed by atoms with van der Waals surface area (Å²) >= 11 is 5.78. The van der Waals surface area contributed by atoms with E-state index in [1.165, 1.54) is 12.1 Å². The normalized spacial score (nSPS) is 9.22. The van der Waals surface area contributed by atoms with Gasteiger partial charge in [0.1, 0.15) is 6.42 Å². The van der Waals surface area contributed by atoms with Crippen molar-refractivity contribution in [1.29, 1.82) is 0 Å². The summed E-state index contributed by atoms with van der Waals surface area (Å²) in [5, 5.41) is 9.11. The Kier molecular flexibility index (Phi) is 5.22. The van der Waals surface area contributed by atoms with E-state index in [1.54, 1.807) is 13.0 Å². The number of carbonyl (C=O) groups is 2. The van der Waals surface area contributed by atoms with E-state index in [0.29, 0.717) is 0 Å². The van der Waals surface area contributed by atoms with Gasteiger partial charge in [0.15, 0.2) is 0 Å². The first kappa shape index (κ1) is 14.1. The molecular weight excluding hydrogens is 256 g/mol. The van der Waals surface area contributed by atoms with E-state index in [0.717, 1.165) is 0 Å². The van der Waals surface area contributed by atoms with Crippen molar-refractivity contribution in [2.24, 2.45) is 0 Å². The van der Waals surface area contributed by atoms with Crippen LogP contribution >= 0.6 is 11.6 Å². The van der Waals surface area contributed by atoms with Gasteiger partial charge in [0, 0.05) is 5.56 Å². The van der Waals surface area contributed by atoms with E-state index >= 15 is 0 Å². The topological polar surface area (TPSA) is 63.6 Å². The molecule has 94 valence electrons. The van der Waals surface area contributed by atoms with Crippen LogP contribution in [0.3, 0.4) is 0 Å². The first-order valence-electron chi connectivity index (χ1n) is 5.22. The second-order valence-electron chi connectivity index (χ2n) is 3.25. The summed E-state index contributed by atoms with van der Waals surface area (Å²) in [5.41, 5.74) is 0.217. The average Bonchev–Trinajstić information content (AvgIpc) is 2.28. The van der Waals surface area contributed by atoms with Crippen molar-refractivity contribution in [3.8, 4) is 11.8 Å². The van der Waals surface area contributed by atoms with Crippen molar-refractivity contribution >= 4 is 23.5 Å². The van der Waals surface area contributed by atoms with E-state index in [9.17, 15) is 9.59 Å². The lowest BCUT2D eigenvalue weighted by atomic mass is 10.1. The van der Waals surface area contributed by atoms with Crippen molar-refractivity contribution in [2.45, 2.75) is 13.3 Å². The quantitative estimate of drug-likeness (QED) is 0.674. The van der Waals surface area contributed by atoms with E-state index < -0.39 is 11.9 Å². The van der Waals surface area contributed by atoms with Crippen molar-refractivity contribution in [3.63, 3.8) is 0 Å². The first-order valence-corrected chi connectivity index (χ1v) is 5.60. The van der Waals surface area contributed by atoms with Crippen LogP contribution < -0.4 is 0 Å². The maximum absolute atomic E-state index is 11.1. The fourth-order valence-electron chi connectivity index (χ4n) is 1.27. The van der Waals surface area contributed by atoms with Crippen LogP contribution in [-0.2, 0) is 9.53 Å². The highest BCUT2D eigenvalue weighted by molar-refractivity contribution is 6.33. The van der Waals surface area contributed by atoms with Gasteiger partial charge in [-0.2, -0.15) is 0 Å². The van der Waals surface area contributed by atoms with Crippen LogP contribution in [0.4, 0.5) is 0 Å². The molecular formula is C13H11ClO4. The molecule has 0 heterocycles. The van der Waals surface area contributed by atoms with Crippen LogP contribution in [0.1, 0.15) is 29.3 Å². The fraction of sp³-hybridized carbons (Fsp3) is 0.231. The summed E-state index contributed by atoms with van der Waals surface area (Å²) < 4.78 is 4.70. The minimum atomic E-state index is -1.15. The van der Waals surface area contributed by atoms with Crippen LogP contribution in [0.15, 0.2) is 18.2 Å². The zero-order valence-electron chi connectivity index (χ0n) is 9.70. The number of carboxylic acid groups (broad SMARTS) is 1. The molecule has 1 rings (SSSR count). The van der Waals surface area contributed by atoms with E-state index in [2.05, 4.69) is 11.8 Å². The molecule has 1 aromatic rings.